The summed E-state index contributed by atoms with van der Waals surface area (Å²) < 4.78 is 1.99. The SMILES string of the molecule is Cc1ccccc1-n1ccnc1SCC(=O)NCc1cn[nH]n1. The number of nitrogens with one attached hydrogen (secondary N) is 2. The molecule has 0 aliphatic carbocycles. The second kappa shape index (κ2) is 7.10. The fourth-order valence-corrected chi connectivity index (χ4v) is 2.89. The average Bonchev–Trinajstić information content (AvgIpc) is 3.23. The van der Waals surface area contributed by atoms with Crippen LogP contribution in [-0.2, 0) is 11.3 Å². The zero-order chi connectivity index (χ0) is 16.1. The van der Waals surface area contributed by atoms with E-state index in [0.29, 0.717) is 18.0 Å². The molecule has 8 heteroatoms. The number of aryl methyl sites for hydroxylation is 1. The minimum absolute atomic E-state index is 0.0719. The van der Waals surface area contributed by atoms with E-state index < -0.39 is 0 Å². The normalized spacial score (nSPS) is 10.7. The molecular formula is C15H16N6OS. The number of H-pyrrole nitrogens is 1. The van der Waals surface area contributed by atoms with Crippen molar-refractivity contribution in [2.75, 3.05) is 5.75 Å². The number of amides is 1. The van der Waals surface area contributed by atoms with Gasteiger partial charge in [0.05, 0.1) is 24.2 Å². The monoisotopic (exact) mass is 328 g/mol. The molecule has 0 fully saturated rings. The number of para-hydroxylation sites is 1. The van der Waals surface area contributed by atoms with Crippen LogP contribution in [0.5, 0.6) is 0 Å². The summed E-state index contributed by atoms with van der Waals surface area (Å²) in [5, 5.41) is 13.7. The molecule has 2 heterocycles. The van der Waals surface area contributed by atoms with Gasteiger partial charge in [-0.05, 0) is 18.6 Å². The van der Waals surface area contributed by atoms with Gasteiger partial charge in [0.2, 0.25) is 5.91 Å². The Morgan fingerprint density at radius 2 is 2.26 bits per heavy atom. The third kappa shape index (κ3) is 3.78. The highest BCUT2D eigenvalue weighted by atomic mass is 32.2. The number of aromatic amines is 1. The molecule has 2 N–H and O–H groups in total. The Kier molecular flexibility index (Phi) is 4.72. The zero-order valence-electron chi connectivity index (χ0n) is 12.6. The van der Waals surface area contributed by atoms with Gasteiger partial charge >= 0.3 is 0 Å². The van der Waals surface area contributed by atoms with Crippen molar-refractivity contribution >= 4 is 17.7 Å². The molecule has 0 bridgehead atoms. The Morgan fingerprint density at radius 1 is 1.39 bits per heavy atom. The summed E-state index contributed by atoms with van der Waals surface area (Å²) in [5.74, 6) is 0.220. The van der Waals surface area contributed by atoms with Gasteiger partial charge in [-0.25, -0.2) is 4.98 Å². The van der Waals surface area contributed by atoms with Crippen LogP contribution in [0.1, 0.15) is 11.3 Å². The topological polar surface area (TPSA) is 88.5 Å². The largest absolute Gasteiger partial charge is 0.350 e. The summed E-state index contributed by atoms with van der Waals surface area (Å²) in [6, 6.07) is 8.07. The van der Waals surface area contributed by atoms with E-state index in [9.17, 15) is 4.79 Å². The van der Waals surface area contributed by atoms with Gasteiger partial charge in [-0.3, -0.25) is 9.36 Å². The summed E-state index contributed by atoms with van der Waals surface area (Å²) in [6.07, 6.45) is 5.22. The highest BCUT2D eigenvalue weighted by Crippen LogP contribution is 2.22. The third-order valence-electron chi connectivity index (χ3n) is 3.25. The van der Waals surface area contributed by atoms with Crippen LogP contribution in [-0.4, -0.2) is 36.6 Å². The number of benzene rings is 1. The van der Waals surface area contributed by atoms with E-state index >= 15 is 0 Å². The average molecular weight is 328 g/mol. The first-order valence-corrected chi connectivity index (χ1v) is 8.06. The molecule has 2 aromatic heterocycles. The van der Waals surface area contributed by atoms with Gasteiger partial charge in [0.15, 0.2) is 5.16 Å². The van der Waals surface area contributed by atoms with Crippen molar-refractivity contribution in [1.29, 1.82) is 0 Å². The predicted octanol–water partition coefficient (Wildman–Crippen LogP) is 1.71. The van der Waals surface area contributed by atoms with Crippen LogP contribution in [0.3, 0.4) is 0 Å². The molecule has 7 nitrogen and oxygen atoms in total. The maximum atomic E-state index is 11.9. The summed E-state index contributed by atoms with van der Waals surface area (Å²) in [5.41, 5.74) is 2.92. The smallest absolute Gasteiger partial charge is 0.230 e. The van der Waals surface area contributed by atoms with Crippen molar-refractivity contribution in [2.45, 2.75) is 18.6 Å². The van der Waals surface area contributed by atoms with Crippen molar-refractivity contribution in [3.63, 3.8) is 0 Å². The van der Waals surface area contributed by atoms with Crippen molar-refractivity contribution < 1.29 is 4.79 Å². The van der Waals surface area contributed by atoms with Crippen LogP contribution in [0.2, 0.25) is 0 Å². The van der Waals surface area contributed by atoms with E-state index in [-0.39, 0.29) is 5.91 Å². The Morgan fingerprint density at radius 3 is 3.04 bits per heavy atom. The fourth-order valence-electron chi connectivity index (χ4n) is 2.09. The third-order valence-corrected chi connectivity index (χ3v) is 4.21. The van der Waals surface area contributed by atoms with Gasteiger partial charge in [0.1, 0.15) is 5.69 Å². The Bertz CT molecular complexity index is 783. The van der Waals surface area contributed by atoms with Crippen molar-refractivity contribution in [3.05, 3.63) is 54.1 Å². The molecule has 1 aromatic carbocycles. The quantitative estimate of drug-likeness (QED) is 0.673. The van der Waals surface area contributed by atoms with E-state index in [1.165, 1.54) is 11.8 Å². The molecule has 118 valence electrons. The molecule has 0 saturated carbocycles. The number of hydrogen-bond acceptors (Lipinski definition) is 5. The number of rotatable bonds is 6. The van der Waals surface area contributed by atoms with Crippen molar-refractivity contribution in [3.8, 4) is 5.69 Å². The molecule has 0 aliphatic heterocycles. The molecular weight excluding hydrogens is 312 g/mol. The number of carbonyl (C=O) groups excluding carboxylic acids is 1. The minimum Gasteiger partial charge on any atom is -0.350 e. The number of thioether (sulfide) groups is 1. The lowest BCUT2D eigenvalue weighted by atomic mass is 10.2. The second-order valence-electron chi connectivity index (χ2n) is 4.89. The molecule has 3 rings (SSSR count). The van der Waals surface area contributed by atoms with Crippen LogP contribution >= 0.6 is 11.8 Å². The van der Waals surface area contributed by atoms with Gasteiger partial charge in [-0.1, -0.05) is 30.0 Å². The van der Waals surface area contributed by atoms with E-state index in [0.717, 1.165) is 16.4 Å². The van der Waals surface area contributed by atoms with Crippen LogP contribution in [0.15, 0.2) is 48.0 Å². The fraction of sp³-hybridized carbons (Fsp3) is 0.200. The summed E-state index contributed by atoms with van der Waals surface area (Å²) in [6.45, 7) is 2.41. The van der Waals surface area contributed by atoms with Gasteiger partial charge in [-0.15, -0.1) is 0 Å². The first-order valence-electron chi connectivity index (χ1n) is 7.07. The van der Waals surface area contributed by atoms with E-state index in [4.69, 9.17) is 0 Å². The van der Waals surface area contributed by atoms with Crippen LogP contribution in [0, 0.1) is 6.92 Å². The Labute approximate surface area is 137 Å². The van der Waals surface area contributed by atoms with Gasteiger partial charge < -0.3 is 5.32 Å². The standard InChI is InChI=1S/C15H16N6OS/c1-11-4-2-3-5-13(11)21-7-6-16-15(21)23-10-14(22)17-8-12-9-18-20-19-12/h2-7,9H,8,10H2,1H3,(H,17,22)(H,18,19,20). The first kappa shape index (κ1) is 15.3. The van der Waals surface area contributed by atoms with Gasteiger partial charge in [-0.2, -0.15) is 15.4 Å². The first-order chi connectivity index (χ1) is 11.2. The van der Waals surface area contributed by atoms with Crippen LogP contribution < -0.4 is 5.32 Å². The van der Waals surface area contributed by atoms with E-state index in [1.807, 2.05) is 29.0 Å². The summed E-state index contributed by atoms with van der Waals surface area (Å²) in [4.78, 5) is 16.3. The Hall–Kier alpha value is -2.61. The number of nitrogens with zero attached hydrogens (tertiary/aromatic N) is 4. The number of imidazole rings is 1. The van der Waals surface area contributed by atoms with Crippen LogP contribution in [0.4, 0.5) is 0 Å². The molecule has 23 heavy (non-hydrogen) atoms. The lowest BCUT2D eigenvalue weighted by Gasteiger charge is -2.10. The Balaban J connectivity index is 1.60. The van der Waals surface area contributed by atoms with E-state index in [1.54, 1.807) is 12.4 Å². The van der Waals surface area contributed by atoms with Gasteiger partial charge in [0, 0.05) is 12.4 Å². The van der Waals surface area contributed by atoms with E-state index in [2.05, 4.69) is 38.7 Å². The number of hydrogen-bond donors (Lipinski definition) is 2. The number of carbonyl (C=O) groups is 1. The maximum absolute atomic E-state index is 11.9. The lowest BCUT2D eigenvalue weighted by Crippen LogP contribution is -2.24. The predicted molar refractivity (Wildman–Crippen MR) is 87.3 cm³/mol. The highest BCUT2D eigenvalue weighted by molar-refractivity contribution is 7.99. The summed E-state index contributed by atoms with van der Waals surface area (Å²) in [7, 11) is 0. The van der Waals surface area contributed by atoms with Gasteiger partial charge in [0.25, 0.3) is 0 Å². The van der Waals surface area contributed by atoms with Crippen LogP contribution in [0.25, 0.3) is 5.69 Å². The molecule has 0 aliphatic rings. The molecule has 3 aromatic rings. The molecule has 0 unspecified atom stereocenters. The molecule has 0 radical (unpaired) electrons. The molecule has 1 amide bonds. The minimum atomic E-state index is -0.0719. The van der Waals surface area contributed by atoms with Crippen molar-refractivity contribution in [1.82, 2.24) is 30.3 Å². The second-order valence-corrected chi connectivity index (χ2v) is 5.84. The molecule has 0 saturated heterocycles. The molecule has 0 spiro atoms. The number of aromatic nitrogens is 5. The maximum Gasteiger partial charge on any atom is 0.230 e. The lowest BCUT2D eigenvalue weighted by molar-refractivity contribution is -0.118. The highest BCUT2D eigenvalue weighted by Gasteiger charge is 2.10. The van der Waals surface area contributed by atoms with Crippen molar-refractivity contribution in [2.24, 2.45) is 0 Å². The summed E-state index contributed by atoms with van der Waals surface area (Å²) >= 11 is 1.40. The zero-order valence-corrected chi connectivity index (χ0v) is 13.4. The molecule has 0 atom stereocenters.